The lowest BCUT2D eigenvalue weighted by molar-refractivity contribution is 0.117. The zero-order valence-corrected chi connectivity index (χ0v) is 11.5. The maximum absolute atomic E-state index is 12.4. The number of nitrogens with zero attached hydrogens (tertiary/aromatic N) is 4. The number of likely N-dealkylation sites (N-methyl/N-ethyl adjacent to an activating group) is 1. The number of hydrogen-bond acceptors (Lipinski definition) is 5. The van der Waals surface area contributed by atoms with E-state index in [4.69, 9.17) is 4.74 Å². The summed E-state index contributed by atoms with van der Waals surface area (Å²) < 4.78 is 7.25. The van der Waals surface area contributed by atoms with Crippen molar-refractivity contribution in [1.82, 2.24) is 19.4 Å². The summed E-state index contributed by atoms with van der Waals surface area (Å²) in [6.07, 6.45) is 4.85. The molecule has 1 aliphatic rings. The summed E-state index contributed by atoms with van der Waals surface area (Å²) in [7, 11) is 2.08. The summed E-state index contributed by atoms with van der Waals surface area (Å²) in [5, 5.41) is 0.567. The molecule has 0 radical (unpaired) electrons. The molecule has 106 valence electrons. The van der Waals surface area contributed by atoms with Crippen LogP contribution in [0.25, 0.3) is 10.9 Å². The van der Waals surface area contributed by atoms with Crippen molar-refractivity contribution in [1.29, 1.82) is 0 Å². The Kier molecular flexibility index (Phi) is 3.75. The number of pyridine rings is 1. The smallest absolute Gasteiger partial charge is 0.262 e. The normalized spacial score (nSPS) is 20.9. The second-order valence-electron chi connectivity index (χ2n) is 5.30. The number of fused-ring (bicyclic) bond motifs is 1. The first kappa shape index (κ1) is 13.2. The molecule has 6 heteroatoms. The highest BCUT2D eigenvalue weighted by atomic mass is 16.5. The summed E-state index contributed by atoms with van der Waals surface area (Å²) in [6.45, 7) is 3.92. The Balaban J connectivity index is 1.87. The van der Waals surface area contributed by atoms with Gasteiger partial charge >= 0.3 is 0 Å². The van der Waals surface area contributed by atoms with Crippen molar-refractivity contribution in [2.45, 2.75) is 6.54 Å². The van der Waals surface area contributed by atoms with Gasteiger partial charge in [-0.15, -0.1) is 0 Å². The summed E-state index contributed by atoms with van der Waals surface area (Å²) in [5.41, 5.74) is 0.658. The van der Waals surface area contributed by atoms with E-state index in [0.29, 0.717) is 30.0 Å². The van der Waals surface area contributed by atoms with Gasteiger partial charge in [0.05, 0.1) is 30.4 Å². The van der Waals surface area contributed by atoms with E-state index in [2.05, 4.69) is 21.9 Å². The van der Waals surface area contributed by atoms with E-state index in [1.54, 1.807) is 29.4 Å². The summed E-state index contributed by atoms with van der Waals surface area (Å²) >= 11 is 0. The molecule has 1 atom stereocenters. The third-order valence-corrected chi connectivity index (χ3v) is 3.62. The molecule has 1 aliphatic heterocycles. The van der Waals surface area contributed by atoms with E-state index in [-0.39, 0.29) is 5.56 Å². The van der Waals surface area contributed by atoms with Crippen LogP contribution in [0.15, 0.2) is 29.6 Å². The summed E-state index contributed by atoms with van der Waals surface area (Å²) in [6, 6.07) is 1.75. The molecule has 20 heavy (non-hydrogen) atoms. The minimum Gasteiger partial charge on any atom is -0.380 e. The standard InChI is InChI=1S/C14H18N4O2/c1-17-4-5-20-9-11(7-17)8-18-10-16-13-2-3-15-6-12(13)14(18)19/h2-3,6,10-11H,4-5,7-9H2,1H3/t11-/m1/s1. The largest absolute Gasteiger partial charge is 0.380 e. The average molecular weight is 274 g/mol. The van der Waals surface area contributed by atoms with Crippen molar-refractivity contribution in [3.63, 3.8) is 0 Å². The van der Waals surface area contributed by atoms with Gasteiger partial charge in [0.15, 0.2) is 0 Å². The highest BCUT2D eigenvalue weighted by Crippen LogP contribution is 2.09. The van der Waals surface area contributed by atoms with Gasteiger partial charge in [0.1, 0.15) is 0 Å². The fraction of sp³-hybridized carbons (Fsp3) is 0.500. The van der Waals surface area contributed by atoms with E-state index in [1.165, 1.54) is 0 Å². The molecule has 3 heterocycles. The maximum atomic E-state index is 12.4. The second kappa shape index (κ2) is 5.68. The fourth-order valence-corrected chi connectivity index (χ4v) is 2.58. The molecule has 1 saturated heterocycles. The molecule has 6 nitrogen and oxygen atoms in total. The van der Waals surface area contributed by atoms with Crippen molar-refractivity contribution in [2.24, 2.45) is 5.92 Å². The van der Waals surface area contributed by atoms with Crippen molar-refractivity contribution in [3.8, 4) is 0 Å². The van der Waals surface area contributed by atoms with E-state index in [9.17, 15) is 4.79 Å². The molecule has 0 bridgehead atoms. The quantitative estimate of drug-likeness (QED) is 0.792. The maximum Gasteiger partial charge on any atom is 0.262 e. The van der Waals surface area contributed by atoms with E-state index < -0.39 is 0 Å². The molecule has 2 aromatic rings. The second-order valence-corrected chi connectivity index (χ2v) is 5.30. The zero-order valence-electron chi connectivity index (χ0n) is 11.5. The first-order valence-electron chi connectivity index (χ1n) is 6.79. The van der Waals surface area contributed by atoms with Crippen LogP contribution in [-0.4, -0.2) is 52.8 Å². The highest BCUT2D eigenvalue weighted by molar-refractivity contribution is 5.75. The molecule has 2 aromatic heterocycles. The Labute approximate surface area is 117 Å². The van der Waals surface area contributed by atoms with E-state index >= 15 is 0 Å². The zero-order chi connectivity index (χ0) is 13.9. The minimum absolute atomic E-state index is 0.0324. The van der Waals surface area contributed by atoms with Gasteiger partial charge in [-0.1, -0.05) is 0 Å². The molecule has 0 spiro atoms. The van der Waals surface area contributed by atoms with Crippen LogP contribution in [0.4, 0.5) is 0 Å². The van der Waals surface area contributed by atoms with Crippen molar-refractivity contribution in [2.75, 3.05) is 33.4 Å². The van der Waals surface area contributed by atoms with Crippen LogP contribution in [0.1, 0.15) is 0 Å². The molecule has 3 rings (SSSR count). The van der Waals surface area contributed by atoms with Gasteiger partial charge in [0.25, 0.3) is 5.56 Å². The van der Waals surface area contributed by atoms with Crippen LogP contribution in [-0.2, 0) is 11.3 Å². The Morgan fingerprint density at radius 1 is 1.50 bits per heavy atom. The van der Waals surface area contributed by atoms with Gasteiger partial charge in [-0.2, -0.15) is 0 Å². The Morgan fingerprint density at radius 2 is 2.40 bits per heavy atom. The van der Waals surface area contributed by atoms with Gasteiger partial charge in [0.2, 0.25) is 0 Å². The monoisotopic (exact) mass is 274 g/mol. The lowest BCUT2D eigenvalue weighted by Gasteiger charge is -2.19. The highest BCUT2D eigenvalue weighted by Gasteiger charge is 2.17. The third-order valence-electron chi connectivity index (χ3n) is 3.62. The molecule has 1 fully saturated rings. The number of rotatable bonds is 2. The molecule has 0 aliphatic carbocycles. The first-order valence-corrected chi connectivity index (χ1v) is 6.79. The molecule has 0 amide bonds. The lowest BCUT2D eigenvalue weighted by Crippen LogP contribution is -2.32. The Bertz CT molecular complexity index is 655. The number of aromatic nitrogens is 3. The topological polar surface area (TPSA) is 60.2 Å². The minimum atomic E-state index is -0.0324. The van der Waals surface area contributed by atoms with Crippen molar-refractivity contribution >= 4 is 10.9 Å². The first-order chi connectivity index (χ1) is 9.74. The predicted octanol–water partition coefficient (Wildman–Crippen LogP) is 0.370. The molecule has 0 aromatic carbocycles. The predicted molar refractivity (Wildman–Crippen MR) is 75.6 cm³/mol. The fourth-order valence-electron chi connectivity index (χ4n) is 2.58. The van der Waals surface area contributed by atoms with Crippen molar-refractivity contribution < 1.29 is 4.74 Å². The molecular formula is C14H18N4O2. The summed E-state index contributed by atoms with van der Waals surface area (Å²) in [5.74, 6) is 0.302. The summed E-state index contributed by atoms with van der Waals surface area (Å²) in [4.78, 5) is 23.0. The third kappa shape index (κ3) is 2.71. The van der Waals surface area contributed by atoms with Crippen LogP contribution >= 0.6 is 0 Å². The number of hydrogen-bond donors (Lipinski definition) is 0. The van der Waals surface area contributed by atoms with E-state index in [1.807, 2.05) is 0 Å². The Morgan fingerprint density at radius 3 is 3.30 bits per heavy atom. The van der Waals surface area contributed by atoms with Crippen LogP contribution in [0.2, 0.25) is 0 Å². The van der Waals surface area contributed by atoms with E-state index in [0.717, 1.165) is 19.7 Å². The van der Waals surface area contributed by atoms with Crippen molar-refractivity contribution in [3.05, 3.63) is 35.1 Å². The van der Waals surface area contributed by atoms with Crippen LogP contribution in [0.5, 0.6) is 0 Å². The van der Waals surface area contributed by atoms with Gasteiger partial charge in [0, 0.05) is 37.9 Å². The molecular weight excluding hydrogens is 256 g/mol. The average Bonchev–Trinajstić information content (AvgIpc) is 2.66. The van der Waals surface area contributed by atoms with Crippen LogP contribution in [0.3, 0.4) is 0 Å². The van der Waals surface area contributed by atoms with Crippen LogP contribution < -0.4 is 5.56 Å². The Hall–Kier alpha value is -1.79. The van der Waals surface area contributed by atoms with Gasteiger partial charge < -0.3 is 9.64 Å². The van der Waals surface area contributed by atoms with Gasteiger partial charge in [-0.25, -0.2) is 4.98 Å². The molecule has 0 unspecified atom stereocenters. The van der Waals surface area contributed by atoms with Gasteiger partial charge in [-0.05, 0) is 13.1 Å². The lowest BCUT2D eigenvalue weighted by atomic mass is 10.1. The molecule has 0 saturated carbocycles. The van der Waals surface area contributed by atoms with Gasteiger partial charge in [-0.3, -0.25) is 14.3 Å². The van der Waals surface area contributed by atoms with Crippen LogP contribution in [0, 0.1) is 5.92 Å². The SMILES string of the molecule is CN1CCOC[C@@H](Cn2cnc3ccncc3c2=O)C1. The number of ether oxygens (including phenoxy) is 1. The molecule has 0 N–H and O–H groups in total.